The van der Waals surface area contributed by atoms with Crippen molar-refractivity contribution in [1.82, 2.24) is 10.6 Å². The zero-order valence-corrected chi connectivity index (χ0v) is 12.2. The van der Waals surface area contributed by atoms with Crippen LogP contribution in [0.5, 0.6) is 0 Å². The first-order valence-corrected chi connectivity index (χ1v) is 7.79. The van der Waals surface area contributed by atoms with Gasteiger partial charge in [-0.1, -0.05) is 26.0 Å². The van der Waals surface area contributed by atoms with Gasteiger partial charge in [-0.15, -0.1) is 11.8 Å². The first kappa shape index (κ1) is 13.9. The molecule has 2 rings (SSSR count). The Kier molecular flexibility index (Phi) is 5.54. The fraction of sp³-hybridized carbons (Fsp3) is 0.600. The molecule has 1 aromatic rings. The van der Waals surface area contributed by atoms with Crippen LogP contribution in [0.25, 0.3) is 0 Å². The van der Waals surface area contributed by atoms with Gasteiger partial charge in [-0.3, -0.25) is 0 Å². The smallest absolute Gasteiger partial charge is 0.00747 e. The third-order valence-corrected chi connectivity index (χ3v) is 4.20. The molecule has 1 saturated heterocycles. The molecule has 1 fully saturated rings. The van der Waals surface area contributed by atoms with Gasteiger partial charge in [0, 0.05) is 29.8 Å². The summed E-state index contributed by atoms with van der Waals surface area (Å²) in [5, 5.41) is 7.50. The molecule has 0 aromatic heterocycles. The average Bonchev–Trinajstić information content (AvgIpc) is 2.28. The number of benzene rings is 1. The summed E-state index contributed by atoms with van der Waals surface area (Å²) in [6.07, 6.45) is 1.13. The van der Waals surface area contributed by atoms with Crippen molar-refractivity contribution in [1.29, 1.82) is 0 Å². The van der Waals surface area contributed by atoms with E-state index in [1.807, 2.05) is 11.8 Å². The van der Waals surface area contributed by atoms with E-state index in [-0.39, 0.29) is 0 Å². The summed E-state index contributed by atoms with van der Waals surface area (Å²) in [7, 11) is 0. The van der Waals surface area contributed by atoms with E-state index in [9.17, 15) is 0 Å². The molecule has 1 aliphatic rings. The van der Waals surface area contributed by atoms with Gasteiger partial charge in [0.2, 0.25) is 0 Å². The summed E-state index contributed by atoms with van der Waals surface area (Å²) in [5.74, 6) is 0.856. The molecule has 1 heterocycles. The molecule has 0 amide bonds. The second kappa shape index (κ2) is 7.17. The summed E-state index contributed by atoms with van der Waals surface area (Å²) < 4.78 is 0. The monoisotopic (exact) mass is 264 g/mol. The lowest BCUT2D eigenvalue weighted by atomic mass is 10.0. The Morgan fingerprint density at radius 1 is 1.28 bits per heavy atom. The Morgan fingerprint density at radius 3 is 2.56 bits per heavy atom. The highest BCUT2D eigenvalue weighted by Gasteiger charge is 2.15. The molecule has 0 saturated carbocycles. The Balaban J connectivity index is 1.65. The molecule has 0 spiro atoms. The number of rotatable bonds is 7. The molecule has 0 atom stereocenters. The van der Waals surface area contributed by atoms with Gasteiger partial charge in [0.15, 0.2) is 0 Å². The molecule has 1 aliphatic heterocycles. The Hall–Kier alpha value is -0.510. The minimum atomic E-state index is 0.661. The van der Waals surface area contributed by atoms with Gasteiger partial charge in [-0.05, 0) is 36.6 Å². The van der Waals surface area contributed by atoms with Crippen LogP contribution in [0, 0.1) is 5.92 Å². The van der Waals surface area contributed by atoms with E-state index in [0.29, 0.717) is 5.25 Å². The van der Waals surface area contributed by atoms with E-state index in [4.69, 9.17) is 0 Å². The highest BCUT2D eigenvalue weighted by Crippen LogP contribution is 2.22. The van der Waals surface area contributed by atoms with E-state index in [1.165, 1.54) is 23.5 Å². The fourth-order valence-corrected chi connectivity index (χ4v) is 2.88. The summed E-state index contributed by atoms with van der Waals surface area (Å²) in [6, 6.07) is 9.01. The van der Waals surface area contributed by atoms with Gasteiger partial charge in [-0.25, -0.2) is 0 Å². The third kappa shape index (κ3) is 4.63. The van der Waals surface area contributed by atoms with Crippen molar-refractivity contribution in [2.45, 2.75) is 30.4 Å². The third-order valence-electron chi connectivity index (χ3n) is 3.18. The predicted molar refractivity (Wildman–Crippen MR) is 80.4 cm³/mol. The van der Waals surface area contributed by atoms with Crippen molar-refractivity contribution >= 4 is 11.8 Å². The number of thioether (sulfide) groups is 1. The van der Waals surface area contributed by atoms with Crippen LogP contribution in [0.15, 0.2) is 29.2 Å². The molecular weight excluding hydrogens is 240 g/mol. The zero-order chi connectivity index (χ0) is 12.8. The van der Waals surface area contributed by atoms with Crippen molar-refractivity contribution in [3.8, 4) is 0 Å². The standard InChI is InChI=1S/C15H24N2S/c1-12(2)18-15-5-3-13(4-6-15)7-8-16-9-14-10-17-11-14/h3-6,12,14,16-17H,7-11H2,1-2H3. The zero-order valence-electron chi connectivity index (χ0n) is 11.4. The van der Waals surface area contributed by atoms with Crippen molar-refractivity contribution in [3.63, 3.8) is 0 Å². The van der Waals surface area contributed by atoms with E-state index in [0.717, 1.165) is 25.4 Å². The van der Waals surface area contributed by atoms with Crippen LogP contribution in [0.3, 0.4) is 0 Å². The van der Waals surface area contributed by atoms with E-state index in [2.05, 4.69) is 48.7 Å². The molecule has 2 N–H and O–H groups in total. The van der Waals surface area contributed by atoms with Crippen LogP contribution in [-0.2, 0) is 6.42 Å². The summed E-state index contributed by atoms with van der Waals surface area (Å²) in [5.41, 5.74) is 1.43. The molecule has 0 aliphatic carbocycles. The minimum Gasteiger partial charge on any atom is -0.316 e. The molecule has 3 heteroatoms. The highest BCUT2D eigenvalue weighted by molar-refractivity contribution is 7.99. The highest BCUT2D eigenvalue weighted by atomic mass is 32.2. The topological polar surface area (TPSA) is 24.1 Å². The van der Waals surface area contributed by atoms with Crippen molar-refractivity contribution in [2.24, 2.45) is 5.92 Å². The first-order valence-electron chi connectivity index (χ1n) is 6.91. The second-order valence-corrected chi connectivity index (χ2v) is 6.94. The average molecular weight is 264 g/mol. The van der Waals surface area contributed by atoms with E-state index < -0.39 is 0 Å². The van der Waals surface area contributed by atoms with Gasteiger partial charge in [-0.2, -0.15) is 0 Å². The first-order chi connectivity index (χ1) is 8.74. The Bertz CT molecular complexity index is 344. The Morgan fingerprint density at radius 2 is 2.00 bits per heavy atom. The van der Waals surface area contributed by atoms with Crippen LogP contribution >= 0.6 is 11.8 Å². The van der Waals surface area contributed by atoms with Crippen LogP contribution in [0.2, 0.25) is 0 Å². The van der Waals surface area contributed by atoms with Crippen LogP contribution < -0.4 is 10.6 Å². The number of nitrogens with one attached hydrogen (secondary N) is 2. The summed E-state index contributed by atoms with van der Waals surface area (Å²) in [4.78, 5) is 1.38. The number of hydrogen-bond acceptors (Lipinski definition) is 3. The second-order valence-electron chi connectivity index (χ2n) is 5.29. The van der Waals surface area contributed by atoms with E-state index >= 15 is 0 Å². The minimum absolute atomic E-state index is 0.661. The van der Waals surface area contributed by atoms with Gasteiger partial charge >= 0.3 is 0 Å². The van der Waals surface area contributed by atoms with E-state index in [1.54, 1.807) is 0 Å². The maximum absolute atomic E-state index is 3.54. The Labute approximate surface area is 115 Å². The largest absolute Gasteiger partial charge is 0.316 e. The van der Waals surface area contributed by atoms with Crippen LogP contribution in [0.1, 0.15) is 19.4 Å². The van der Waals surface area contributed by atoms with Crippen molar-refractivity contribution < 1.29 is 0 Å². The molecule has 0 unspecified atom stereocenters. The van der Waals surface area contributed by atoms with Crippen molar-refractivity contribution in [2.75, 3.05) is 26.2 Å². The maximum atomic E-state index is 3.54. The predicted octanol–water partition coefficient (Wildman–Crippen LogP) is 2.54. The molecular formula is C15H24N2S. The quantitative estimate of drug-likeness (QED) is 0.584. The number of hydrogen-bond donors (Lipinski definition) is 2. The molecule has 100 valence electrons. The molecule has 2 nitrogen and oxygen atoms in total. The summed E-state index contributed by atoms with van der Waals surface area (Å²) in [6.45, 7) is 9.10. The molecule has 0 radical (unpaired) electrons. The molecule has 0 bridgehead atoms. The fourth-order valence-electron chi connectivity index (χ4n) is 2.04. The van der Waals surface area contributed by atoms with Gasteiger partial charge in [0.1, 0.15) is 0 Å². The SMILES string of the molecule is CC(C)Sc1ccc(CCNCC2CNC2)cc1. The maximum Gasteiger partial charge on any atom is 0.00747 e. The van der Waals surface area contributed by atoms with Gasteiger partial charge < -0.3 is 10.6 Å². The lowest BCUT2D eigenvalue weighted by Crippen LogP contribution is -2.47. The lowest BCUT2D eigenvalue weighted by Gasteiger charge is -2.27. The normalized spacial score (nSPS) is 15.9. The summed E-state index contributed by atoms with van der Waals surface area (Å²) >= 11 is 1.93. The van der Waals surface area contributed by atoms with Crippen molar-refractivity contribution in [3.05, 3.63) is 29.8 Å². The lowest BCUT2D eigenvalue weighted by molar-refractivity contribution is 0.333. The molecule has 18 heavy (non-hydrogen) atoms. The van der Waals surface area contributed by atoms with Crippen LogP contribution in [0.4, 0.5) is 0 Å². The van der Waals surface area contributed by atoms with Crippen LogP contribution in [-0.4, -0.2) is 31.4 Å². The van der Waals surface area contributed by atoms with Gasteiger partial charge in [0.05, 0.1) is 0 Å². The molecule has 1 aromatic carbocycles. The van der Waals surface area contributed by atoms with Gasteiger partial charge in [0.25, 0.3) is 0 Å².